The van der Waals surface area contributed by atoms with Gasteiger partial charge in [0.15, 0.2) is 0 Å². The lowest BCUT2D eigenvalue weighted by Crippen LogP contribution is -2.64. The lowest BCUT2D eigenvalue weighted by Gasteiger charge is -2.46. The van der Waals surface area contributed by atoms with Gasteiger partial charge in [-0.3, -0.25) is 14.4 Å². The van der Waals surface area contributed by atoms with Crippen molar-refractivity contribution in [3.05, 3.63) is 34.9 Å². The van der Waals surface area contributed by atoms with Crippen molar-refractivity contribution in [1.82, 2.24) is 4.90 Å². The third-order valence-corrected chi connectivity index (χ3v) is 11.3. The second-order valence-electron chi connectivity index (χ2n) is 15.1. The first-order chi connectivity index (χ1) is 24.3. The number of aliphatic hydroxyl groups excluding tert-OH is 1. The summed E-state index contributed by atoms with van der Waals surface area (Å²) in [4.78, 5) is 56.7. The van der Waals surface area contributed by atoms with Gasteiger partial charge in [0.25, 0.3) is 11.7 Å². The van der Waals surface area contributed by atoms with Crippen LogP contribution in [0.1, 0.15) is 118 Å². The molecule has 51 heavy (non-hydrogen) atoms. The van der Waals surface area contributed by atoms with Gasteiger partial charge >= 0.3 is 5.97 Å². The number of carbonyl (C=O) groups is 4. The Bertz CT molecular complexity index is 1340. The van der Waals surface area contributed by atoms with Crippen molar-refractivity contribution in [2.24, 2.45) is 11.8 Å². The molecule has 0 aromatic heterocycles. The van der Waals surface area contributed by atoms with Crippen LogP contribution in [0.25, 0.3) is 0 Å². The highest BCUT2D eigenvalue weighted by Crippen LogP contribution is 2.38. The second kappa shape index (κ2) is 18.9. The number of hydrogen-bond acceptors (Lipinski definition) is 10. The zero-order chi connectivity index (χ0) is 37.3. The molecule has 4 aliphatic rings. The molecule has 5 unspecified atom stereocenters. The minimum atomic E-state index is -2.46. The van der Waals surface area contributed by atoms with Gasteiger partial charge in [-0.1, -0.05) is 43.2 Å². The maximum Gasteiger partial charge on any atom is 0.329 e. The molecule has 0 radical (unpaired) electrons. The summed E-state index contributed by atoms with van der Waals surface area (Å²) in [5.41, 5.74) is 2.89. The summed E-state index contributed by atoms with van der Waals surface area (Å²) in [6, 6.07) is -1.07. The van der Waals surface area contributed by atoms with E-state index in [0.29, 0.717) is 38.5 Å². The van der Waals surface area contributed by atoms with E-state index in [-0.39, 0.29) is 43.9 Å². The molecule has 1 aliphatic carbocycles. The first-order valence-electron chi connectivity index (χ1n) is 19.1. The van der Waals surface area contributed by atoms with Crippen molar-refractivity contribution >= 4 is 23.4 Å². The van der Waals surface area contributed by atoms with Crippen LogP contribution in [0.2, 0.25) is 0 Å². The number of ketones is 2. The predicted molar refractivity (Wildman–Crippen MR) is 191 cm³/mol. The smallest absolute Gasteiger partial charge is 0.329 e. The minimum absolute atomic E-state index is 0.0113. The monoisotopic (exact) mass is 715 g/mol. The number of aliphatic hydroxyl groups is 2. The third-order valence-electron chi connectivity index (χ3n) is 11.3. The number of piperidine rings is 1. The van der Waals surface area contributed by atoms with E-state index in [0.717, 1.165) is 42.4 Å². The molecule has 286 valence electrons. The van der Waals surface area contributed by atoms with E-state index in [4.69, 9.17) is 18.9 Å². The summed E-state index contributed by atoms with van der Waals surface area (Å²) in [5, 5.41) is 23.1. The van der Waals surface area contributed by atoms with Gasteiger partial charge in [0.1, 0.15) is 24.0 Å². The zero-order valence-corrected chi connectivity index (χ0v) is 31.6. The number of amides is 1. The Hall–Kier alpha value is -2.70. The quantitative estimate of drug-likeness (QED) is 0.218. The standard InChI is InChI=1S/C40H61NO10/c1-7-29-20-25(2)14-13-18-33(48-5)36-35(49-6)22-27(4)40(47,51-36)37(44)38(45)41-19-12-11-17-31(41)39(46)50-34(24-30(42)23-32(29)43)26(3)21-28-15-9-8-10-16-28/h15,20-21,27,29-31,33-36,42,47H,7-14,16-19,22-24H2,1-6H3/b25-20+,26-21+/t27?,29?,30-,31-,33-,34-,35?,36?,40?/m0/s1. The number of nitrogens with zero attached hydrogens (tertiary/aromatic N) is 1. The van der Waals surface area contributed by atoms with Crippen LogP contribution in [-0.4, -0.2) is 102 Å². The van der Waals surface area contributed by atoms with Gasteiger partial charge in [-0.2, -0.15) is 0 Å². The number of cyclic esters (lactones) is 1. The molecule has 9 atom stereocenters. The first kappa shape index (κ1) is 41.1. The van der Waals surface area contributed by atoms with Gasteiger partial charge < -0.3 is 34.1 Å². The van der Waals surface area contributed by atoms with Crippen LogP contribution in [0.15, 0.2) is 34.9 Å². The average molecular weight is 716 g/mol. The van der Waals surface area contributed by atoms with E-state index in [1.165, 1.54) is 19.1 Å². The van der Waals surface area contributed by atoms with E-state index in [1.54, 1.807) is 6.92 Å². The van der Waals surface area contributed by atoms with Gasteiger partial charge in [0.05, 0.1) is 18.3 Å². The number of hydrogen-bond donors (Lipinski definition) is 2. The third kappa shape index (κ3) is 10.3. The van der Waals surface area contributed by atoms with Crippen LogP contribution in [0.3, 0.4) is 0 Å². The van der Waals surface area contributed by atoms with Crippen molar-refractivity contribution < 1.29 is 48.3 Å². The van der Waals surface area contributed by atoms with Crippen LogP contribution < -0.4 is 0 Å². The lowest BCUT2D eigenvalue weighted by atomic mass is 9.83. The van der Waals surface area contributed by atoms with Crippen LogP contribution >= 0.6 is 0 Å². The molecule has 0 spiro atoms. The van der Waals surface area contributed by atoms with E-state index in [9.17, 15) is 29.4 Å². The molecule has 0 aromatic carbocycles. The maximum absolute atomic E-state index is 14.0. The molecule has 0 saturated carbocycles. The van der Waals surface area contributed by atoms with Gasteiger partial charge in [0.2, 0.25) is 5.79 Å². The lowest BCUT2D eigenvalue weighted by molar-refractivity contribution is -0.302. The van der Waals surface area contributed by atoms with Gasteiger partial charge in [-0.05, 0) is 96.5 Å². The summed E-state index contributed by atoms with van der Waals surface area (Å²) in [6.07, 6.45) is 10.4. The average Bonchev–Trinajstić information content (AvgIpc) is 3.12. The van der Waals surface area contributed by atoms with E-state index in [2.05, 4.69) is 6.08 Å². The SMILES string of the molecule is CCC1/C=C(\C)CCC[C@H](OC)C2OC(O)(C(=O)C(=O)N3CCCC[C@H]3C(=O)O[C@H](/C(C)=C/C3=CCCCC3)C[C@@H](O)CC1=O)C(C)CC2OC. The molecule has 3 aliphatic heterocycles. The minimum Gasteiger partial charge on any atom is -0.456 e. The molecule has 2 bridgehead atoms. The van der Waals surface area contributed by atoms with Crippen molar-refractivity contribution in [2.45, 2.75) is 160 Å². The largest absolute Gasteiger partial charge is 0.456 e. The van der Waals surface area contributed by atoms with E-state index >= 15 is 0 Å². The Morgan fingerprint density at radius 2 is 1.76 bits per heavy atom. The maximum atomic E-state index is 14.0. The number of esters is 1. The fraction of sp³-hybridized carbons (Fsp3) is 0.750. The number of carbonyl (C=O) groups excluding carboxylic acids is 4. The fourth-order valence-electron chi connectivity index (χ4n) is 8.07. The second-order valence-corrected chi connectivity index (χ2v) is 15.1. The van der Waals surface area contributed by atoms with E-state index in [1.807, 2.05) is 32.9 Å². The Morgan fingerprint density at radius 1 is 1.02 bits per heavy atom. The molecule has 4 rings (SSSR count). The number of fused-ring (bicyclic) bond motifs is 3. The molecular weight excluding hydrogens is 654 g/mol. The Labute approximate surface area is 303 Å². The van der Waals surface area contributed by atoms with Crippen LogP contribution in [-0.2, 0) is 38.1 Å². The first-order valence-corrected chi connectivity index (χ1v) is 19.1. The molecule has 1 amide bonds. The van der Waals surface area contributed by atoms with Crippen LogP contribution in [0.5, 0.6) is 0 Å². The molecule has 2 fully saturated rings. The van der Waals surface area contributed by atoms with Crippen LogP contribution in [0, 0.1) is 11.8 Å². The van der Waals surface area contributed by atoms with Gasteiger partial charge in [-0.25, -0.2) is 4.79 Å². The highest BCUT2D eigenvalue weighted by molar-refractivity contribution is 6.39. The molecule has 2 saturated heterocycles. The number of allylic oxidation sites excluding steroid dienone is 5. The van der Waals surface area contributed by atoms with Crippen LogP contribution in [0.4, 0.5) is 0 Å². The molecule has 0 aromatic rings. The molecule has 2 N–H and O–H groups in total. The topological polar surface area (TPSA) is 149 Å². The van der Waals surface area contributed by atoms with Crippen molar-refractivity contribution in [1.29, 1.82) is 0 Å². The fourth-order valence-corrected chi connectivity index (χ4v) is 8.07. The summed E-state index contributed by atoms with van der Waals surface area (Å²) < 4.78 is 23.9. The Balaban J connectivity index is 1.72. The van der Waals surface area contributed by atoms with Crippen molar-refractivity contribution in [3.8, 4) is 0 Å². The molecule has 3 heterocycles. The Morgan fingerprint density at radius 3 is 2.43 bits per heavy atom. The van der Waals surface area contributed by atoms with Crippen molar-refractivity contribution in [3.63, 3.8) is 0 Å². The molecular formula is C40H61NO10. The molecule has 11 nitrogen and oxygen atoms in total. The highest BCUT2D eigenvalue weighted by Gasteiger charge is 2.56. The number of methoxy groups -OCH3 is 2. The summed E-state index contributed by atoms with van der Waals surface area (Å²) in [6.45, 7) is 7.55. The summed E-state index contributed by atoms with van der Waals surface area (Å²) in [7, 11) is 3.07. The molecule has 11 heteroatoms. The number of rotatable bonds is 5. The van der Waals surface area contributed by atoms with E-state index < -0.39 is 65.9 Å². The highest BCUT2D eigenvalue weighted by atomic mass is 16.7. The van der Waals surface area contributed by atoms with Crippen molar-refractivity contribution in [2.75, 3.05) is 20.8 Å². The van der Waals surface area contributed by atoms with Gasteiger partial charge in [-0.15, -0.1) is 0 Å². The van der Waals surface area contributed by atoms with Gasteiger partial charge in [0, 0.05) is 45.4 Å². The Kier molecular flexibility index (Phi) is 15.2. The number of ether oxygens (including phenoxy) is 4. The number of Topliss-reactive ketones (excluding diaryl/α,β-unsaturated/α-hetero) is 2. The predicted octanol–water partition coefficient (Wildman–Crippen LogP) is 5.31. The summed E-state index contributed by atoms with van der Waals surface area (Å²) in [5.74, 6) is -6.53. The normalized spacial score (nSPS) is 37.0. The zero-order valence-electron chi connectivity index (χ0n) is 31.6. The summed E-state index contributed by atoms with van der Waals surface area (Å²) >= 11 is 0.